The monoisotopic (exact) mass is 270 g/mol. The summed E-state index contributed by atoms with van der Waals surface area (Å²) in [5, 5.41) is 12.1. The van der Waals surface area contributed by atoms with E-state index in [1.807, 2.05) is 12.1 Å². The van der Waals surface area contributed by atoms with Crippen molar-refractivity contribution in [3.05, 3.63) is 16.1 Å². The number of aromatic carboxylic acids is 1. The Morgan fingerprint density at radius 2 is 2.06 bits per heavy atom. The zero-order chi connectivity index (χ0) is 13.1. The summed E-state index contributed by atoms with van der Waals surface area (Å²) in [4.78, 5) is 28.4. The van der Waals surface area contributed by atoms with Crippen molar-refractivity contribution in [2.24, 2.45) is 0 Å². The van der Waals surface area contributed by atoms with Crippen molar-refractivity contribution >= 4 is 23.2 Å². The smallest absolute Gasteiger partial charge is 0.355 e. The Labute approximate surface area is 108 Å². The van der Waals surface area contributed by atoms with E-state index in [4.69, 9.17) is 5.11 Å². The van der Waals surface area contributed by atoms with Gasteiger partial charge in [0, 0.05) is 31.6 Å². The average Bonchev–Trinajstić information content (AvgIpc) is 2.81. The minimum absolute atomic E-state index is 0.0940. The number of rotatable bonds is 3. The van der Waals surface area contributed by atoms with E-state index in [9.17, 15) is 9.59 Å². The molecule has 2 N–H and O–H groups in total. The standard InChI is InChI=1S/C10H14N4O3S/c1-13-2-4-14(5-3-13)12-8(15)9-11-7(6-18-9)10(16)17/h6H,2-5H2,1H3,(H,12,15)(H,16,17). The quantitative estimate of drug-likeness (QED) is 0.786. The number of likely N-dealkylation sites (N-methyl/N-ethyl adjacent to an activating group) is 1. The molecule has 0 atom stereocenters. The lowest BCUT2D eigenvalue weighted by molar-refractivity contribution is 0.0661. The van der Waals surface area contributed by atoms with Gasteiger partial charge in [0.15, 0.2) is 10.7 Å². The van der Waals surface area contributed by atoms with Gasteiger partial charge in [-0.2, -0.15) is 0 Å². The third-order valence-electron chi connectivity index (χ3n) is 2.68. The Morgan fingerprint density at radius 1 is 1.39 bits per heavy atom. The number of hydrazine groups is 1. The number of hydrogen-bond acceptors (Lipinski definition) is 6. The van der Waals surface area contributed by atoms with Crippen LogP contribution in [0.2, 0.25) is 0 Å². The number of thiazole rings is 1. The summed E-state index contributed by atoms with van der Waals surface area (Å²) in [5.74, 6) is -1.47. The number of carboxylic acid groups (broad SMARTS) is 1. The molecule has 2 rings (SSSR count). The van der Waals surface area contributed by atoms with Gasteiger partial charge in [0.1, 0.15) is 0 Å². The zero-order valence-corrected chi connectivity index (χ0v) is 10.7. The topological polar surface area (TPSA) is 85.8 Å². The molecule has 1 aliphatic rings. The molecule has 1 aromatic rings. The van der Waals surface area contributed by atoms with E-state index in [-0.39, 0.29) is 16.6 Å². The number of piperazine rings is 1. The minimum atomic E-state index is -1.12. The Hall–Kier alpha value is -1.51. The van der Waals surface area contributed by atoms with E-state index in [0.29, 0.717) is 0 Å². The third kappa shape index (κ3) is 3.03. The highest BCUT2D eigenvalue weighted by molar-refractivity contribution is 7.11. The fourth-order valence-electron chi connectivity index (χ4n) is 1.59. The van der Waals surface area contributed by atoms with Crippen molar-refractivity contribution in [1.82, 2.24) is 20.3 Å². The number of amides is 1. The average molecular weight is 270 g/mol. The third-order valence-corrected chi connectivity index (χ3v) is 3.52. The van der Waals surface area contributed by atoms with Crippen LogP contribution in [-0.4, -0.2) is 65.1 Å². The maximum absolute atomic E-state index is 11.8. The lowest BCUT2D eigenvalue weighted by Gasteiger charge is -2.32. The van der Waals surface area contributed by atoms with Crippen LogP contribution in [0.25, 0.3) is 0 Å². The van der Waals surface area contributed by atoms with Crippen LogP contribution < -0.4 is 5.43 Å². The van der Waals surface area contributed by atoms with Crippen LogP contribution in [0.4, 0.5) is 0 Å². The van der Waals surface area contributed by atoms with Crippen molar-refractivity contribution in [2.45, 2.75) is 0 Å². The molecule has 0 bridgehead atoms. The molecule has 18 heavy (non-hydrogen) atoms. The molecule has 98 valence electrons. The van der Waals surface area contributed by atoms with Crippen LogP contribution in [0.15, 0.2) is 5.38 Å². The molecule has 0 spiro atoms. The number of hydrogen-bond donors (Lipinski definition) is 2. The second kappa shape index (κ2) is 5.42. The fourth-order valence-corrected chi connectivity index (χ4v) is 2.27. The molecular formula is C10H14N4O3S. The Balaban J connectivity index is 1.93. The van der Waals surface area contributed by atoms with E-state index >= 15 is 0 Å². The molecule has 0 saturated carbocycles. The van der Waals surface area contributed by atoms with Crippen molar-refractivity contribution in [1.29, 1.82) is 0 Å². The number of aromatic nitrogens is 1. The van der Waals surface area contributed by atoms with Crippen LogP contribution in [0.5, 0.6) is 0 Å². The predicted octanol–water partition coefficient (Wildman–Crippen LogP) is -0.267. The van der Waals surface area contributed by atoms with E-state index < -0.39 is 5.97 Å². The maximum Gasteiger partial charge on any atom is 0.355 e. The number of carbonyl (C=O) groups is 2. The normalized spacial score (nSPS) is 17.6. The van der Waals surface area contributed by atoms with Gasteiger partial charge < -0.3 is 10.0 Å². The highest BCUT2D eigenvalue weighted by Crippen LogP contribution is 2.10. The first-order valence-electron chi connectivity index (χ1n) is 5.49. The van der Waals surface area contributed by atoms with Crippen molar-refractivity contribution < 1.29 is 14.7 Å². The summed E-state index contributed by atoms with van der Waals surface area (Å²) in [5.41, 5.74) is 2.64. The summed E-state index contributed by atoms with van der Waals surface area (Å²) < 4.78 is 0. The summed E-state index contributed by atoms with van der Waals surface area (Å²) in [6.07, 6.45) is 0. The van der Waals surface area contributed by atoms with Crippen LogP contribution in [0.1, 0.15) is 20.3 Å². The zero-order valence-electron chi connectivity index (χ0n) is 9.92. The fraction of sp³-hybridized carbons (Fsp3) is 0.500. The van der Waals surface area contributed by atoms with Gasteiger partial charge in [0.05, 0.1) is 0 Å². The van der Waals surface area contributed by atoms with Gasteiger partial charge in [-0.05, 0) is 7.05 Å². The molecule has 2 heterocycles. The molecule has 1 amide bonds. The van der Waals surface area contributed by atoms with E-state index in [0.717, 1.165) is 37.5 Å². The van der Waals surface area contributed by atoms with Crippen molar-refractivity contribution in [2.75, 3.05) is 33.2 Å². The van der Waals surface area contributed by atoms with Gasteiger partial charge in [-0.15, -0.1) is 11.3 Å². The summed E-state index contributed by atoms with van der Waals surface area (Å²) in [6.45, 7) is 3.27. The Bertz CT molecular complexity index is 454. The molecule has 0 aromatic carbocycles. The summed E-state index contributed by atoms with van der Waals surface area (Å²) in [7, 11) is 2.03. The first-order valence-corrected chi connectivity index (χ1v) is 6.37. The molecule has 7 nitrogen and oxygen atoms in total. The molecular weight excluding hydrogens is 256 g/mol. The van der Waals surface area contributed by atoms with Gasteiger partial charge in [-0.25, -0.2) is 14.8 Å². The number of carboxylic acids is 1. The SMILES string of the molecule is CN1CCN(NC(=O)c2nc(C(=O)O)cs2)CC1. The predicted molar refractivity (Wildman–Crippen MR) is 65.6 cm³/mol. The van der Waals surface area contributed by atoms with E-state index in [1.165, 1.54) is 5.38 Å². The van der Waals surface area contributed by atoms with Gasteiger partial charge in [-0.3, -0.25) is 10.2 Å². The van der Waals surface area contributed by atoms with Crippen molar-refractivity contribution in [3.63, 3.8) is 0 Å². The largest absolute Gasteiger partial charge is 0.476 e. The highest BCUT2D eigenvalue weighted by atomic mass is 32.1. The number of nitrogens with one attached hydrogen (secondary N) is 1. The first kappa shape index (κ1) is 12.9. The van der Waals surface area contributed by atoms with Crippen LogP contribution in [0.3, 0.4) is 0 Å². The molecule has 0 aliphatic carbocycles. The van der Waals surface area contributed by atoms with E-state index in [1.54, 1.807) is 0 Å². The molecule has 1 fully saturated rings. The van der Waals surface area contributed by atoms with Crippen LogP contribution in [-0.2, 0) is 0 Å². The van der Waals surface area contributed by atoms with Gasteiger partial charge in [-0.1, -0.05) is 0 Å². The maximum atomic E-state index is 11.8. The molecule has 0 unspecified atom stereocenters. The molecule has 1 aliphatic heterocycles. The molecule has 0 radical (unpaired) electrons. The second-order valence-electron chi connectivity index (χ2n) is 4.07. The lowest BCUT2D eigenvalue weighted by Crippen LogP contribution is -2.52. The lowest BCUT2D eigenvalue weighted by atomic mass is 10.4. The van der Waals surface area contributed by atoms with Gasteiger partial charge in [0.25, 0.3) is 5.91 Å². The number of nitrogens with zero attached hydrogens (tertiary/aromatic N) is 3. The van der Waals surface area contributed by atoms with E-state index in [2.05, 4.69) is 15.3 Å². The van der Waals surface area contributed by atoms with Crippen LogP contribution >= 0.6 is 11.3 Å². The van der Waals surface area contributed by atoms with Crippen molar-refractivity contribution in [3.8, 4) is 0 Å². The van der Waals surface area contributed by atoms with Gasteiger partial charge in [0.2, 0.25) is 0 Å². The Kier molecular flexibility index (Phi) is 3.90. The minimum Gasteiger partial charge on any atom is -0.476 e. The molecule has 8 heteroatoms. The second-order valence-corrected chi connectivity index (χ2v) is 4.93. The van der Waals surface area contributed by atoms with Gasteiger partial charge >= 0.3 is 5.97 Å². The summed E-state index contributed by atoms with van der Waals surface area (Å²) >= 11 is 1.03. The van der Waals surface area contributed by atoms with Crippen LogP contribution in [0, 0.1) is 0 Å². The summed E-state index contributed by atoms with van der Waals surface area (Å²) in [6, 6.07) is 0. The highest BCUT2D eigenvalue weighted by Gasteiger charge is 2.19. The Morgan fingerprint density at radius 3 is 2.61 bits per heavy atom. The molecule has 1 aromatic heterocycles. The molecule has 1 saturated heterocycles. The number of carbonyl (C=O) groups excluding carboxylic acids is 1. The first-order chi connectivity index (χ1) is 8.56.